The van der Waals surface area contributed by atoms with Gasteiger partial charge in [0.15, 0.2) is 0 Å². The monoisotopic (exact) mass is 295 g/mol. The summed E-state index contributed by atoms with van der Waals surface area (Å²) in [5.74, 6) is 0. The van der Waals surface area contributed by atoms with Crippen LogP contribution in [0.5, 0.6) is 0 Å². The van der Waals surface area contributed by atoms with E-state index in [-0.39, 0.29) is 0 Å². The maximum absolute atomic E-state index is 3.43. The van der Waals surface area contributed by atoms with Gasteiger partial charge in [-0.3, -0.25) is 4.90 Å². The van der Waals surface area contributed by atoms with Gasteiger partial charge >= 0.3 is 0 Å². The molecule has 2 aromatic carbocycles. The van der Waals surface area contributed by atoms with Gasteiger partial charge in [0.2, 0.25) is 0 Å². The van der Waals surface area contributed by atoms with Crippen molar-refractivity contribution in [2.45, 2.75) is 6.04 Å². The molecule has 3 heteroatoms. The van der Waals surface area contributed by atoms with Gasteiger partial charge in [-0.2, -0.15) is 0 Å². The minimum Gasteiger partial charge on any atom is -0.366 e. The fourth-order valence-electron chi connectivity index (χ4n) is 3.11. The molecule has 0 bridgehead atoms. The first-order valence-electron chi connectivity index (χ1n) is 8.10. The molecular formula is C19H25N3. The number of anilines is 1. The van der Waals surface area contributed by atoms with E-state index < -0.39 is 0 Å². The predicted molar refractivity (Wildman–Crippen MR) is 93.3 cm³/mol. The lowest BCUT2D eigenvalue weighted by Crippen LogP contribution is -2.47. The average Bonchev–Trinajstić information content (AvgIpc) is 2.61. The van der Waals surface area contributed by atoms with E-state index in [9.17, 15) is 0 Å². The topological polar surface area (TPSA) is 18.5 Å². The lowest BCUT2D eigenvalue weighted by Gasteiger charge is -2.36. The molecule has 0 saturated carbocycles. The van der Waals surface area contributed by atoms with Crippen LogP contribution in [0.1, 0.15) is 11.6 Å². The number of benzene rings is 2. The van der Waals surface area contributed by atoms with Gasteiger partial charge in [0.05, 0.1) is 6.04 Å². The van der Waals surface area contributed by atoms with Gasteiger partial charge in [-0.25, -0.2) is 0 Å². The molecule has 1 aliphatic heterocycles. The van der Waals surface area contributed by atoms with Crippen molar-refractivity contribution in [2.75, 3.05) is 44.7 Å². The third kappa shape index (κ3) is 3.67. The van der Waals surface area contributed by atoms with Gasteiger partial charge in [0.25, 0.3) is 0 Å². The summed E-state index contributed by atoms with van der Waals surface area (Å²) in [7, 11) is 2.20. The van der Waals surface area contributed by atoms with Crippen LogP contribution in [0.15, 0.2) is 60.7 Å². The molecule has 1 N–H and O–H groups in total. The van der Waals surface area contributed by atoms with Crippen LogP contribution >= 0.6 is 0 Å². The molecular weight excluding hydrogens is 270 g/mol. The normalized spacial score (nSPS) is 17.1. The summed E-state index contributed by atoms with van der Waals surface area (Å²) in [4.78, 5) is 4.96. The molecule has 2 aromatic rings. The Morgan fingerprint density at radius 1 is 0.955 bits per heavy atom. The highest BCUT2D eigenvalue weighted by atomic mass is 15.2. The summed E-state index contributed by atoms with van der Waals surface area (Å²) >= 11 is 0. The van der Waals surface area contributed by atoms with E-state index in [4.69, 9.17) is 0 Å². The van der Waals surface area contributed by atoms with Crippen molar-refractivity contribution in [1.82, 2.24) is 10.2 Å². The minimum absolute atomic E-state index is 0.377. The second-order valence-electron chi connectivity index (χ2n) is 5.92. The van der Waals surface area contributed by atoms with E-state index in [0.717, 1.165) is 32.7 Å². The van der Waals surface area contributed by atoms with Crippen LogP contribution < -0.4 is 10.2 Å². The van der Waals surface area contributed by atoms with Crippen LogP contribution in [0, 0.1) is 0 Å². The molecule has 0 spiro atoms. The number of rotatable bonds is 5. The third-order valence-electron chi connectivity index (χ3n) is 4.46. The first-order chi connectivity index (χ1) is 10.8. The Morgan fingerprint density at radius 2 is 1.55 bits per heavy atom. The lowest BCUT2D eigenvalue weighted by atomic mass is 10.0. The number of hydrogen-bond donors (Lipinski definition) is 1. The van der Waals surface area contributed by atoms with Crippen molar-refractivity contribution in [1.29, 1.82) is 0 Å². The van der Waals surface area contributed by atoms with E-state index in [1.807, 2.05) is 0 Å². The molecule has 1 atom stereocenters. The molecule has 1 heterocycles. The van der Waals surface area contributed by atoms with Crippen molar-refractivity contribution in [3.63, 3.8) is 0 Å². The Bertz CT molecular complexity index is 549. The molecule has 1 unspecified atom stereocenters. The molecule has 116 valence electrons. The predicted octanol–water partition coefficient (Wildman–Crippen LogP) is 2.77. The first-order valence-corrected chi connectivity index (χ1v) is 8.10. The highest BCUT2D eigenvalue weighted by Gasteiger charge is 2.21. The van der Waals surface area contributed by atoms with E-state index in [0.29, 0.717) is 6.04 Å². The summed E-state index contributed by atoms with van der Waals surface area (Å²) in [6.45, 7) is 5.52. The van der Waals surface area contributed by atoms with Crippen LogP contribution in [0.3, 0.4) is 0 Å². The fraction of sp³-hybridized carbons (Fsp3) is 0.368. The van der Waals surface area contributed by atoms with E-state index in [1.54, 1.807) is 0 Å². The van der Waals surface area contributed by atoms with Gasteiger partial charge in [-0.15, -0.1) is 0 Å². The quantitative estimate of drug-likeness (QED) is 0.915. The number of para-hydroxylation sites is 1. The van der Waals surface area contributed by atoms with Gasteiger partial charge < -0.3 is 10.2 Å². The molecule has 0 aromatic heterocycles. The molecule has 22 heavy (non-hydrogen) atoms. The number of hydrogen-bond acceptors (Lipinski definition) is 3. The average molecular weight is 295 g/mol. The SMILES string of the molecule is CN(c1ccccc1)C(CN1CCNCC1)c1ccccc1. The third-order valence-corrected chi connectivity index (χ3v) is 4.46. The zero-order valence-corrected chi connectivity index (χ0v) is 13.3. The van der Waals surface area contributed by atoms with Crippen molar-refractivity contribution in [2.24, 2.45) is 0 Å². The summed E-state index contributed by atoms with van der Waals surface area (Å²) in [5.41, 5.74) is 2.65. The van der Waals surface area contributed by atoms with Crippen LogP contribution in [-0.4, -0.2) is 44.7 Å². The lowest BCUT2D eigenvalue weighted by molar-refractivity contribution is 0.226. The maximum Gasteiger partial charge on any atom is 0.0666 e. The van der Waals surface area contributed by atoms with Gasteiger partial charge in [-0.1, -0.05) is 48.5 Å². The Balaban J connectivity index is 1.82. The zero-order chi connectivity index (χ0) is 15.2. The van der Waals surface area contributed by atoms with Crippen LogP contribution in [-0.2, 0) is 0 Å². The Morgan fingerprint density at radius 3 is 2.18 bits per heavy atom. The highest BCUT2D eigenvalue weighted by molar-refractivity contribution is 5.48. The van der Waals surface area contributed by atoms with E-state index in [2.05, 4.69) is 82.8 Å². The summed E-state index contributed by atoms with van der Waals surface area (Å²) < 4.78 is 0. The Labute approximate surface area is 133 Å². The number of nitrogens with one attached hydrogen (secondary N) is 1. The van der Waals surface area contributed by atoms with Crippen molar-refractivity contribution < 1.29 is 0 Å². The molecule has 1 aliphatic rings. The highest BCUT2D eigenvalue weighted by Crippen LogP contribution is 2.26. The van der Waals surface area contributed by atoms with Crippen molar-refractivity contribution >= 4 is 5.69 Å². The van der Waals surface area contributed by atoms with E-state index in [1.165, 1.54) is 11.3 Å². The standard InChI is InChI=1S/C19H25N3/c1-21(18-10-6-3-7-11-18)19(17-8-4-2-5-9-17)16-22-14-12-20-13-15-22/h2-11,19-20H,12-16H2,1H3. The summed E-state index contributed by atoms with van der Waals surface area (Å²) in [6.07, 6.45) is 0. The molecule has 1 saturated heterocycles. The molecule has 3 nitrogen and oxygen atoms in total. The zero-order valence-electron chi connectivity index (χ0n) is 13.3. The van der Waals surface area contributed by atoms with Crippen molar-refractivity contribution in [3.05, 3.63) is 66.2 Å². The van der Waals surface area contributed by atoms with Crippen LogP contribution in [0.25, 0.3) is 0 Å². The summed E-state index contributed by atoms with van der Waals surface area (Å²) in [6, 6.07) is 21.9. The largest absolute Gasteiger partial charge is 0.366 e. The molecule has 1 fully saturated rings. The number of likely N-dealkylation sites (N-methyl/N-ethyl adjacent to an activating group) is 1. The minimum atomic E-state index is 0.377. The van der Waals surface area contributed by atoms with Crippen LogP contribution in [0.2, 0.25) is 0 Å². The Kier molecular flexibility index (Phi) is 5.09. The fourth-order valence-corrected chi connectivity index (χ4v) is 3.11. The van der Waals surface area contributed by atoms with Gasteiger partial charge in [0.1, 0.15) is 0 Å². The molecule has 0 radical (unpaired) electrons. The number of piperazine rings is 1. The maximum atomic E-state index is 3.43. The van der Waals surface area contributed by atoms with Gasteiger partial charge in [0, 0.05) is 45.5 Å². The van der Waals surface area contributed by atoms with Crippen molar-refractivity contribution in [3.8, 4) is 0 Å². The summed E-state index contributed by atoms with van der Waals surface area (Å²) in [5, 5.41) is 3.43. The second-order valence-corrected chi connectivity index (χ2v) is 5.92. The second kappa shape index (κ2) is 7.43. The molecule has 0 amide bonds. The smallest absolute Gasteiger partial charge is 0.0666 e. The van der Waals surface area contributed by atoms with Gasteiger partial charge in [-0.05, 0) is 17.7 Å². The molecule has 3 rings (SSSR count). The molecule has 0 aliphatic carbocycles. The Hall–Kier alpha value is -1.84. The van der Waals surface area contributed by atoms with Crippen LogP contribution in [0.4, 0.5) is 5.69 Å². The first kappa shape index (κ1) is 15.1. The van der Waals surface area contributed by atoms with E-state index >= 15 is 0 Å². The number of nitrogens with zero attached hydrogens (tertiary/aromatic N) is 2.